The second-order valence-electron chi connectivity index (χ2n) is 7.17. The molecule has 156 valence electrons. The van der Waals surface area contributed by atoms with Crippen LogP contribution < -0.4 is 4.74 Å². The lowest BCUT2D eigenvalue weighted by atomic mass is 10.1. The van der Waals surface area contributed by atoms with E-state index in [1.54, 1.807) is 18.2 Å². The summed E-state index contributed by atoms with van der Waals surface area (Å²) in [7, 11) is 0. The van der Waals surface area contributed by atoms with Gasteiger partial charge in [-0.3, -0.25) is 4.90 Å². The minimum absolute atomic E-state index is 0. The summed E-state index contributed by atoms with van der Waals surface area (Å²) in [6, 6.07) is 14.5. The molecule has 1 aliphatic rings. The van der Waals surface area contributed by atoms with Crippen LogP contribution in [0.4, 0.5) is 0 Å². The SMILES string of the molecule is Cl.N#C/C(=C\c1ccccc1OCCN1CCCCC1)c1noc2ccc(O)cc12. The molecule has 30 heavy (non-hydrogen) atoms. The number of hydrogen-bond acceptors (Lipinski definition) is 6. The molecule has 0 atom stereocenters. The van der Waals surface area contributed by atoms with Crippen LogP contribution in [0.15, 0.2) is 47.0 Å². The van der Waals surface area contributed by atoms with Crippen LogP contribution in [0.1, 0.15) is 30.5 Å². The minimum atomic E-state index is 0. The van der Waals surface area contributed by atoms with Gasteiger partial charge in [0, 0.05) is 12.1 Å². The van der Waals surface area contributed by atoms with Crippen LogP contribution in [0.5, 0.6) is 11.5 Å². The first kappa shape index (κ1) is 21.7. The lowest BCUT2D eigenvalue weighted by Crippen LogP contribution is -2.33. The molecule has 1 aromatic heterocycles. The van der Waals surface area contributed by atoms with Crippen LogP contribution in [-0.4, -0.2) is 41.4 Å². The third-order valence-electron chi connectivity index (χ3n) is 5.16. The number of phenolic OH excluding ortho intramolecular Hbond substituents is 1. The number of benzene rings is 2. The van der Waals surface area contributed by atoms with Crippen LogP contribution in [0.3, 0.4) is 0 Å². The maximum atomic E-state index is 9.77. The smallest absolute Gasteiger partial charge is 0.167 e. The van der Waals surface area contributed by atoms with Crippen molar-refractivity contribution in [3.63, 3.8) is 0 Å². The number of para-hydroxylation sites is 1. The van der Waals surface area contributed by atoms with E-state index in [9.17, 15) is 10.4 Å². The van der Waals surface area contributed by atoms with Gasteiger partial charge in [-0.25, -0.2) is 0 Å². The van der Waals surface area contributed by atoms with E-state index in [-0.39, 0.29) is 18.2 Å². The fourth-order valence-corrected chi connectivity index (χ4v) is 3.63. The Morgan fingerprint density at radius 1 is 1.20 bits per heavy atom. The van der Waals surface area contributed by atoms with Crippen LogP contribution in [0.2, 0.25) is 0 Å². The molecule has 2 aromatic carbocycles. The standard InChI is InChI=1S/C23H23N3O3.ClH/c24-16-18(23-20-15-19(27)8-9-22(20)29-25-23)14-17-6-2-3-7-21(17)28-13-12-26-10-4-1-5-11-26;/h2-3,6-9,14-15,27H,1,4-5,10-13H2;1H/b18-14+;. The number of piperidine rings is 1. The summed E-state index contributed by atoms with van der Waals surface area (Å²) in [6.07, 6.45) is 5.58. The lowest BCUT2D eigenvalue weighted by Gasteiger charge is -2.26. The summed E-state index contributed by atoms with van der Waals surface area (Å²) >= 11 is 0. The van der Waals surface area contributed by atoms with Gasteiger partial charge in [-0.15, -0.1) is 12.4 Å². The Kier molecular flexibility index (Phi) is 7.34. The molecule has 1 saturated heterocycles. The topological polar surface area (TPSA) is 82.5 Å². The van der Waals surface area contributed by atoms with Crippen LogP contribution >= 0.6 is 12.4 Å². The highest BCUT2D eigenvalue weighted by molar-refractivity contribution is 5.99. The first-order valence-electron chi connectivity index (χ1n) is 9.89. The van der Waals surface area contributed by atoms with Crippen molar-refractivity contribution >= 4 is 35.0 Å². The van der Waals surface area contributed by atoms with Crippen molar-refractivity contribution in [2.24, 2.45) is 0 Å². The number of phenols is 1. The highest BCUT2D eigenvalue weighted by atomic mass is 35.5. The summed E-state index contributed by atoms with van der Waals surface area (Å²) < 4.78 is 11.3. The molecule has 0 spiro atoms. The number of allylic oxidation sites excluding steroid dienone is 1. The van der Waals surface area contributed by atoms with Crippen LogP contribution in [0.25, 0.3) is 22.6 Å². The highest BCUT2D eigenvalue weighted by Crippen LogP contribution is 2.30. The van der Waals surface area contributed by atoms with E-state index in [0.29, 0.717) is 28.8 Å². The van der Waals surface area contributed by atoms with Gasteiger partial charge in [-0.05, 0) is 56.3 Å². The number of nitriles is 1. The van der Waals surface area contributed by atoms with Gasteiger partial charge in [-0.1, -0.05) is 29.8 Å². The predicted octanol–water partition coefficient (Wildman–Crippen LogP) is 4.88. The zero-order valence-corrected chi connectivity index (χ0v) is 17.4. The number of halogens is 1. The third-order valence-corrected chi connectivity index (χ3v) is 5.16. The second kappa shape index (κ2) is 10.1. The van der Waals surface area contributed by atoms with E-state index >= 15 is 0 Å². The monoisotopic (exact) mass is 425 g/mol. The molecule has 0 radical (unpaired) electrons. The molecule has 1 N–H and O–H groups in total. The number of aromatic hydroxyl groups is 1. The fraction of sp³-hybridized carbons (Fsp3) is 0.304. The first-order chi connectivity index (χ1) is 14.2. The van der Waals surface area contributed by atoms with Crippen molar-refractivity contribution in [2.45, 2.75) is 19.3 Å². The highest BCUT2D eigenvalue weighted by Gasteiger charge is 2.15. The van der Waals surface area contributed by atoms with Gasteiger partial charge < -0.3 is 14.4 Å². The number of ether oxygens (including phenoxy) is 1. The number of hydrogen-bond donors (Lipinski definition) is 1. The van der Waals surface area contributed by atoms with E-state index in [1.807, 2.05) is 24.3 Å². The van der Waals surface area contributed by atoms with Crippen LogP contribution in [-0.2, 0) is 0 Å². The number of fused-ring (bicyclic) bond motifs is 1. The molecule has 6 nitrogen and oxygen atoms in total. The maximum Gasteiger partial charge on any atom is 0.167 e. The summed E-state index contributed by atoms with van der Waals surface area (Å²) in [5.74, 6) is 0.827. The molecule has 1 aliphatic heterocycles. The summed E-state index contributed by atoms with van der Waals surface area (Å²) in [6.45, 7) is 3.77. The summed E-state index contributed by atoms with van der Waals surface area (Å²) in [5.41, 5.74) is 2.08. The van der Waals surface area contributed by atoms with E-state index in [1.165, 1.54) is 25.3 Å². The van der Waals surface area contributed by atoms with Gasteiger partial charge in [0.2, 0.25) is 0 Å². The molecular weight excluding hydrogens is 402 g/mol. The van der Waals surface area contributed by atoms with Crippen molar-refractivity contribution in [1.29, 1.82) is 5.26 Å². The van der Waals surface area contributed by atoms with Crippen molar-refractivity contribution in [3.05, 3.63) is 53.7 Å². The Bertz CT molecular complexity index is 1060. The molecule has 2 heterocycles. The van der Waals surface area contributed by atoms with Gasteiger partial charge in [0.05, 0.1) is 11.0 Å². The molecule has 3 aromatic rings. The Morgan fingerprint density at radius 3 is 2.80 bits per heavy atom. The average Bonchev–Trinajstić information content (AvgIpc) is 3.16. The van der Waals surface area contributed by atoms with Gasteiger partial charge in [0.1, 0.15) is 29.9 Å². The van der Waals surface area contributed by atoms with Gasteiger partial charge in [0.25, 0.3) is 0 Å². The average molecular weight is 426 g/mol. The van der Waals surface area contributed by atoms with Gasteiger partial charge in [0.15, 0.2) is 5.58 Å². The van der Waals surface area contributed by atoms with E-state index < -0.39 is 0 Å². The predicted molar refractivity (Wildman–Crippen MR) is 119 cm³/mol. The number of rotatable bonds is 6. The Labute approximate surface area is 181 Å². The molecule has 0 saturated carbocycles. The molecule has 0 aliphatic carbocycles. The maximum absolute atomic E-state index is 9.77. The lowest BCUT2D eigenvalue weighted by molar-refractivity contribution is 0.183. The quantitative estimate of drug-likeness (QED) is 0.566. The Morgan fingerprint density at radius 2 is 2.00 bits per heavy atom. The molecule has 0 bridgehead atoms. The second-order valence-corrected chi connectivity index (χ2v) is 7.17. The van der Waals surface area contributed by atoms with Crippen molar-refractivity contribution in [2.75, 3.05) is 26.2 Å². The van der Waals surface area contributed by atoms with Crippen molar-refractivity contribution < 1.29 is 14.4 Å². The van der Waals surface area contributed by atoms with E-state index in [4.69, 9.17) is 9.26 Å². The number of likely N-dealkylation sites (tertiary alicyclic amines) is 1. The summed E-state index contributed by atoms with van der Waals surface area (Å²) in [5, 5.41) is 24.1. The third kappa shape index (κ3) is 4.93. The molecular formula is C23H24ClN3O3. The fourth-order valence-electron chi connectivity index (χ4n) is 3.63. The number of nitrogens with zero attached hydrogens (tertiary/aromatic N) is 3. The first-order valence-corrected chi connectivity index (χ1v) is 9.89. The van der Waals surface area contributed by atoms with E-state index in [2.05, 4.69) is 16.1 Å². The Balaban J connectivity index is 0.00000256. The molecule has 7 heteroatoms. The molecule has 4 rings (SSSR count). The van der Waals surface area contributed by atoms with Gasteiger partial charge in [-0.2, -0.15) is 5.26 Å². The Hall–Kier alpha value is -3.01. The zero-order chi connectivity index (χ0) is 20.1. The molecule has 0 unspecified atom stereocenters. The van der Waals surface area contributed by atoms with E-state index in [0.717, 1.165) is 30.9 Å². The van der Waals surface area contributed by atoms with Crippen molar-refractivity contribution in [3.8, 4) is 17.6 Å². The minimum Gasteiger partial charge on any atom is -0.508 e. The normalized spacial score (nSPS) is 14.8. The largest absolute Gasteiger partial charge is 0.508 e. The zero-order valence-electron chi connectivity index (χ0n) is 16.6. The van der Waals surface area contributed by atoms with Crippen molar-refractivity contribution in [1.82, 2.24) is 10.1 Å². The van der Waals surface area contributed by atoms with Crippen LogP contribution in [0, 0.1) is 11.3 Å². The number of aromatic nitrogens is 1. The molecule has 0 amide bonds. The van der Waals surface area contributed by atoms with Gasteiger partial charge >= 0.3 is 0 Å². The molecule has 1 fully saturated rings. The summed E-state index contributed by atoms with van der Waals surface area (Å²) in [4.78, 5) is 2.43.